The molecular weight excluding hydrogens is 306 g/mol. The number of hydrogen-bond acceptors (Lipinski definition) is 4. The first-order chi connectivity index (χ1) is 11.1. The van der Waals surface area contributed by atoms with Crippen LogP contribution in [-0.2, 0) is 20.9 Å². The van der Waals surface area contributed by atoms with E-state index in [1.165, 1.54) is 26.0 Å². The highest BCUT2D eigenvalue weighted by Gasteiger charge is 2.11. The van der Waals surface area contributed by atoms with Crippen LogP contribution in [0.2, 0.25) is 0 Å². The number of esters is 1. The molecule has 0 aromatic heterocycles. The van der Waals surface area contributed by atoms with E-state index in [2.05, 4.69) is 62.7 Å². The molecule has 0 saturated heterocycles. The Morgan fingerprint density at radius 2 is 1.75 bits per heavy atom. The summed E-state index contributed by atoms with van der Waals surface area (Å²) >= 11 is 0. The predicted molar refractivity (Wildman–Crippen MR) is 92.5 cm³/mol. The molecule has 1 aromatic carbocycles. The highest BCUT2D eigenvalue weighted by molar-refractivity contribution is 5.88. The Hall–Kier alpha value is -2.40. The molecule has 0 unspecified atom stereocenters. The van der Waals surface area contributed by atoms with E-state index in [0.29, 0.717) is 0 Å². The van der Waals surface area contributed by atoms with Crippen LogP contribution >= 0.6 is 0 Å². The quantitative estimate of drug-likeness (QED) is 0.346. The lowest BCUT2D eigenvalue weighted by Gasteiger charge is -2.28. The summed E-state index contributed by atoms with van der Waals surface area (Å²) in [6.07, 6.45) is 0.826. The smallest absolute Gasteiger partial charge is 0.337 e. The minimum absolute atomic E-state index is 0.149. The van der Waals surface area contributed by atoms with Gasteiger partial charge in [-0.3, -0.25) is 0 Å². The lowest BCUT2D eigenvalue weighted by atomic mass is 10.2. The number of aliphatic carboxylic acids is 1. The maximum atomic E-state index is 10.7. The van der Waals surface area contributed by atoms with Gasteiger partial charge in [-0.25, -0.2) is 4.79 Å². The third-order valence-corrected chi connectivity index (χ3v) is 3.32. The minimum atomic E-state index is -1.37. The van der Waals surface area contributed by atoms with Crippen molar-refractivity contribution in [3.8, 4) is 0 Å². The van der Waals surface area contributed by atoms with Crippen molar-refractivity contribution >= 4 is 11.9 Å². The standard InChI is InChI=1S/C11H18N.C8H10O4/c1-4-12(2,3)10-11-8-6-5-7-9-11;1-5(2)8(11)12-4-6(3)7(9)10/h5-9H,4,10H2,1-3H3;4H,1H2,2-3H3,(H,9,10)/q+1;/p-1/b;6-4-. The van der Waals surface area contributed by atoms with E-state index in [4.69, 9.17) is 0 Å². The second-order valence-corrected chi connectivity index (χ2v) is 6.17. The number of carboxylic acid groups (broad SMARTS) is 1. The van der Waals surface area contributed by atoms with Crippen LogP contribution in [0.5, 0.6) is 0 Å². The van der Waals surface area contributed by atoms with Crippen LogP contribution in [0.3, 0.4) is 0 Å². The first-order valence-corrected chi connectivity index (χ1v) is 7.69. The molecule has 0 spiro atoms. The molecule has 5 heteroatoms. The van der Waals surface area contributed by atoms with Gasteiger partial charge in [0.05, 0.1) is 32.9 Å². The second kappa shape index (κ2) is 10.4. The first-order valence-electron chi connectivity index (χ1n) is 7.69. The summed E-state index contributed by atoms with van der Waals surface area (Å²) in [4.78, 5) is 20.8. The first kappa shape index (κ1) is 21.6. The summed E-state index contributed by atoms with van der Waals surface area (Å²) in [5, 5.41) is 10.1. The molecule has 0 atom stereocenters. The molecule has 0 saturated carbocycles. The number of benzene rings is 1. The zero-order valence-corrected chi connectivity index (χ0v) is 15.2. The highest BCUT2D eigenvalue weighted by Crippen LogP contribution is 2.07. The average molecular weight is 333 g/mol. The number of ether oxygens (including phenoxy) is 1. The van der Waals surface area contributed by atoms with Crippen LogP contribution in [0.4, 0.5) is 0 Å². The Bertz CT molecular complexity index is 589. The molecule has 0 radical (unpaired) electrons. The van der Waals surface area contributed by atoms with Gasteiger partial charge in [-0.2, -0.15) is 0 Å². The van der Waals surface area contributed by atoms with E-state index in [1.54, 1.807) is 0 Å². The largest absolute Gasteiger partial charge is 0.545 e. The molecule has 1 rings (SSSR count). The van der Waals surface area contributed by atoms with Crippen molar-refractivity contribution in [1.82, 2.24) is 0 Å². The molecule has 0 amide bonds. The molecule has 0 bridgehead atoms. The van der Waals surface area contributed by atoms with Gasteiger partial charge in [-0.1, -0.05) is 36.9 Å². The van der Waals surface area contributed by atoms with E-state index in [0.717, 1.165) is 17.3 Å². The van der Waals surface area contributed by atoms with Crippen molar-refractivity contribution < 1.29 is 23.9 Å². The summed E-state index contributed by atoms with van der Waals surface area (Å²) < 4.78 is 5.46. The normalized spacial score (nSPS) is 11.1. The predicted octanol–water partition coefficient (Wildman–Crippen LogP) is 2.04. The van der Waals surface area contributed by atoms with Crippen molar-refractivity contribution in [1.29, 1.82) is 0 Å². The molecule has 1 aromatic rings. The van der Waals surface area contributed by atoms with Gasteiger partial charge >= 0.3 is 5.97 Å². The average Bonchev–Trinajstić information content (AvgIpc) is 2.53. The fourth-order valence-corrected chi connectivity index (χ4v) is 1.48. The van der Waals surface area contributed by atoms with Crippen molar-refractivity contribution in [2.24, 2.45) is 0 Å². The molecule has 132 valence electrons. The Balaban J connectivity index is 0.000000441. The number of carbonyl (C=O) groups excluding carboxylic acids is 2. The van der Waals surface area contributed by atoms with E-state index >= 15 is 0 Å². The van der Waals surface area contributed by atoms with Gasteiger partial charge in [-0.15, -0.1) is 0 Å². The van der Waals surface area contributed by atoms with Crippen molar-refractivity contribution in [3.05, 3.63) is 59.9 Å². The number of quaternary nitrogens is 1. The van der Waals surface area contributed by atoms with Crippen molar-refractivity contribution in [2.75, 3.05) is 20.6 Å². The van der Waals surface area contributed by atoms with Crippen LogP contribution in [0, 0.1) is 0 Å². The number of rotatable bonds is 6. The van der Waals surface area contributed by atoms with Gasteiger partial charge in [0.15, 0.2) is 0 Å². The zero-order valence-electron chi connectivity index (χ0n) is 15.2. The number of hydrogen-bond donors (Lipinski definition) is 0. The Morgan fingerprint density at radius 3 is 2.17 bits per heavy atom. The van der Waals surface area contributed by atoms with Crippen LogP contribution in [-0.4, -0.2) is 37.1 Å². The molecule has 0 aliphatic carbocycles. The Kier molecular flexibility index (Phi) is 9.35. The van der Waals surface area contributed by atoms with E-state index in [-0.39, 0.29) is 11.1 Å². The summed E-state index contributed by atoms with van der Waals surface area (Å²) in [5.41, 5.74) is 1.48. The number of nitrogens with zero attached hydrogens (tertiary/aromatic N) is 1. The molecule has 0 heterocycles. The van der Waals surface area contributed by atoms with Crippen LogP contribution in [0.1, 0.15) is 26.3 Å². The molecule has 5 nitrogen and oxygen atoms in total. The SMILES string of the molecule is C=C(C)C(=O)O/C=C(/C)C(=O)[O-].CC[N+](C)(C)Cc1ccccc1. The summed E-state index contributed by atoms with van der Waals surface area (Å²) in [6, 6.07) is 10.6. The maximum absolute atomic E-state index is 10.7. The van der Waals surface area contributed by atoms with Gasteiger partial charge < -0.3 is 19.1 Å². The molecule has 0 aliphatic heterocycles. The van der Waals surface area contributed by atoms with Gasteiger partial charge in [0.2, 0.25) is 0 Å². The molecular formula is C19H27NO4. The number of carboxylic acids is 1. The minimum Gasteiger partial charge on any atom is -0.545 e. The lowest BCUT2D eigenvalue weighted by molar-refractivity contribution is -0.901. The monoisotopic (exact) mass is 333 g/mol. The number of carbonyl (C=O) groups is 2. The van der Waals surface area contributed by atoms with E-state index in [1.807, 2.05) is 0 Å². The lowest BCUT2D eigenvalue weighted by Crippen LogP contribution is -2.38. The molecule has 0 aliphatic rings. The Morgan fingerprint density at radius 1 is 1.21 bits per heavy atom. The third kappa shape index (κ3) is 9.58. The molecule has 0 N–H and O–H groups in total. The second-order valence-electron chi connectivity index (χ2n) is 6.17. The third-order valence-electron chi connectivity index (χ3n) is 3.32. The van der Waals surface area contributed by atoms with Crippen molar-refractivity contribution in [3.63, 3.8) is 0 Å². The Labute approximate surface area is 144 Å². The molecule has 24 heavy (non-hydrogen) atoms. The van der Waals surface area contributed by atoms with Crippen LogP contribution in [0.15, 0.2) is 54.3 Å². The zero-order chi connectivity index (χ0) is 18.8. The fourth-order valence-electron chi connectivity index (χ4n) is 1.48. The van der Waals surface area contributed by atoms with Crippen LogP contribution in [0.25, 0.3) is 0 Å². The van der Waals surface area contributed by atoms with Gasteiger partial charge in [0, 0.05) is 16.7 Å². The van der Waals surface area contributed by atoms with E-state index in [9.17, 15) is 14.7 Å². The fraction of sp³-hybridized carbons (Fsp3) is 0.368. The summed E-state index contributed by atoms with van der Waals surface area (Å²) in [5.74, 6) is -2.03. The van der Waals surface area contributed by atoms with Gasteiger partial charge in [-0.05, 0) is 20.8 Å². The van der Waals surface area contributed by atoms with Gasteiger partial charge in [0.25, 0.3) is 0 Å². The summed E-state index contributed by atoms with van der Waals surface area (Å²) in [7, 11) is 4.51. The van der Waals surface area contributed by atoms with Crippen molar-refractivity contribution in [2.45, 2.75) is 27.3 Å². The molecule has 0 fully saturated rings. The van der Waals surface area contributed by atoms with Gasteiger partial charge in [0.1, 0.15) is 6.54 Å². The topological polar surface area (TPSA) is 66.4 Å². The maximum Gasteiger partial charge on any atom is 0.337 e. The van der Waals surface area contributed by atoms with E-state index < -0.39 is 11.9 Å². The highest BCUT2D eigenvalue weighted by atomic mass is 16.5. The van der Waals surface area contributed by atoms with Crippen LogP contribution < -0.4 is 5.11 Å². The summed E-state index contributed by atoms with van der Waals surface area (Å²) in [6.45, 7) is 10.6.